The molecule has 0 aliphatic carbocycles. The van der Waals surface area contributed by atoms with E-state index in [9.17, 15) is 49.0 Å². The van der Waals surface area contributed by atoms with Gasteiger partial charge in [-0.1, -0.05) is 18.2 Å². The fourth-order valence-electron chi connectivity index (χ4n) is 3.32. The average molecular weight is 557 g/mol. The van der Waals surface area contributed by atoms with Crippen molar-refractivity contribution in [2.75, 3.05) is 4.90 Å². The highest BCUT2D eigenvalue weighted by atomic mass is 19.4. The van der Waals surface area contributed by atoms with Crippen LogP contribution in [0.25, 0.3) is 0 Å². The van der Waals surface area contributed by atoms with E-state index in [0.29, 0.717) is 12.1 Å². The van der Waals surface area contributed by atoms with E-state index in [1.165, 1.54) is 18.2 Å². The van der Waals surface area contributed by atoms with Gasteiger partial charge in [-0.15, -0.1) is 13.2 Å². The van der Waals surface area contributed by atoms with Gasteiger partial charge in [0.25, 0.3) is 0 Å². The maximum absolute atomic E-state index is 14.6. The largest absolute Gasteiger partial charge is 0.573 e. The first-order valence-corrected chi connectivity index (χ1v) is 10.4. The maximum Gasteiger partial charge on any atom is 0.573 e. The predicted molar refractivity (Wildman–Crippen MR) is 114 cm³/mol. The lowest BCUT2D eigenvalue weighted by Gasteiger charge is -2.40. The van der Waals surface area contributed by atoms with Crippen LogP contribution in [-0.2, 0) is 12.8 Å². The Morgan fingerprint density at radius 2 is 1.42 bits per heavy atom. The van der Waals surface area contributed by atoms with Crippen LogP contribution in [0.1, 0.15) is 18.1 Å². The molecule has 0 aliphatic rings. The summed E-state index contributed by atoms with van der Waals surface area (Å²) in [7, 11) is 0. The zero-order chi connectivity index (χ0) is 28.5. The Kier molecular flexibility index (Phi) is 7.78. The SMILES string of the molecule is CC(O)(N(c1cccc(OCc2cccc(OC(F)(F)F)c2)c1)c1cc(C(F)(F)F)ccc1F)C(F)(F)F. The van der Waals surface area contributed by atoms with Crippen molar-refractivity contribution in [1.29, 1.82) is 0 Å². The summed E-state index contributed by atoms with van der Waals surface area (Å²) < 4.78 is 142. The fraction of sp³-hybridized carbons (Fsp3) is 0.250. The number of benzene rings is 3. The average Bonchev–Trinajstić information content (AvgIpc) is 2.77. The smallest absolute Gasteiger partial charge is 0.489 e. The van der Waals surface area contributed by atoms with E-state index in [1.807, 2.05) is 0 Å². The monoisotopic (exact) mass is 557 g/mol. The Balaban J connectivity index is 2.00. The van der Waals surface area contributed by atoms with Gasteiger partial charge in [0, 0.05) is 11.8 Å². The summed E-state index contributed by atoms with van der Waals surface area (Å²) in [5, 5.41) is 10.4. The van der Waals surface area contributed by atoms with Crippen molar-refractivity contribution in [1.82, 2.24) is 0 Å². The number of hydrogen-bond donors (Lipinski definition) is 1. The standard InChI is InChI=1S/C24H17F10NO3/c1-21(36,23(29,30)31)35(20-11-15(22(26,27)28)8-9-19(20)25)16-5-3-6-17(12-16)37-13-14-4-2-7-18(10-14)38-24(32,33)34/h2-12,36H,13H2,1H3. The lowest BCUT2D eigenvalue weighted by atomic mass is 10.1. The van der Waals surface area contributed by atoms with Crippen LogP contribution in [0.15, 0.2) is 66.7 Å². The first kappa shape index (κ1) is 28.9. The number of hydrogen-bond acceptors (Lipinski definition) is 4. The molecule has 1 unspecified atom stereocenters. The van der Waals surface area contributed by atoms with Crippen LogP contribution >= 0.6 is 0 Å². The van der Waals surface area contributed by atoms with E-state index >= 15 is 0 Å². The zero-order valence-electron chi connectivity index (χ0n) is 19.0. The summed E-state index contributed by atoms with van der Waals surface area (Å²) in [5.41, 5.74) is -7.01. The summed E-state index contributed by atoms with van der Waals surface area (Å²) in [4.78, 5) is -0.0672. The number of anilines is 2. The zero-order valence-corrected chi connectivity index (χ0v) is 19.0. The van der Waals surface area contributed by atoms with Crippen LogP contribution in [0.3, 0.4) is 0 Å². The highest BCUT2D eigenvalue weighted by Crippen LogP contribution is 2.44. The molecule has 1 atom stereocenters. The van der Waals surface area contributed by atoms with Crippen LogP contribution in [0.4, 0.5) is 55.3 Å². The summed E-state index contributed by atoms with van der Waals surface area (Å²) >= 11 is 0. The Morgan fingerprint density at radius 1 is 0.789 bits per heavy atom. The topological polar surface area (TPSA) is 41.9 Å². The molecule has 0 bridgehead atoms. The van der Waals surface area contributed by atoms with Crippen molar-refractivity contribution in [3.8, 4) is 11.5 Å². The minimum Gasteiger partial charge on any atom is -0.489 e. The summed E-state index contributed by atoms with van der Waals surface area (Å²) in [6.45, 7) is -0.168. The molecule has 1 N–H and O–H groups in total. The van der Waals surface area contributed by atoms with Crippen LogP contribution in [0.2, 0.25) is 0 Å². The number of aliphatic hydroxyl groups is 1. The molecule has 0 heterocycles. The highest BCUT2D eigenvalue weighted by molar-refractivity contribution is 5.68. The molecule has 3 aromatic rings. The first-order chi connectivity index (χ1) is 17.4. The molecule has 14 heteroatoms. The quantitative estimate of drug-likeness (QED) is 0.239. The van der Waals surface area contributed by atoms with E-state index in [-0.39, 0.29) is 29.2 Å². The lowest BCUT2D eigenvalue weighted by molar-refractivity contribution is -0.274. The number of rotatable bonds is 7. The molecule has 0 saturated heterocycles. The molecular formula is C24H17F10NO3. The third kappa shape index (κ3) is 6.79. The van der Waals surface area contributed by atoms with Crippen LogP contribution in [0.5, 0.6) is 11.5 Å². The van der Waals surface area contributed by atoms with Gasteiger partial charge in [0.05, 0.1) is 11.3 Å². The second-order valence-corrected chi connectivity index (χ2v) is 8.00. The molecule has 0 aromatic heterocycles. The lowest BCUT2D eigenvalue weighted by Crippen LogP contribution is -2.55. The van der Waals surface area contributed by atoms with E-state index in [2.05, 4.69) is 4.74 Å². The van der Waals surface area contributed by atoms with Gasteiger partial charge in [-0.25, -0.2) is 4.39 Å². The third-order valence-electron chi connectivity index (χ3n) is 5.10. The Morgan fingerprint density at radius 3 is 2.03 bits per heavy atom. The molecular weight excluding hydrogens is 540 g/mol. The van der Waals surface area contributed by atoms with Crippen LogP contribution in [-0.4, -0.2) is 23.4 Å². The summed E-state index contributed by atoms with van der Waals surface area (Å²) in [6, 6.07) is 9.58. The van der Waals surface area contributed by atoms with Gasteiger partial charge in [-0.05, 0) is 55.0 Å². The Labute approximate surface area is 208 Å². The van der Waals surface area contributed by atoms with Crippen molar-refractivity contribution < 1.29 is 58.5 Å². The van der Waals surface area contributed by atoms with Gasteiger partial charge in [-0.3, -0.25) is 0 Å². The number of nitrogens with zero attached hydrogens (tertiary/aromatic N) is 1. The van der Waals surface area contributed by atoms with E-state index in [4.69, 9.17) is 4.74 Å². The predicted octanol–water partition coefficient (Wildman–Crippen LogP) is 7.73. The normalized spacial score (nSPS) is 14.1. The van der Waals surface area contributed by atoms with Crippen molar-refractivity contribution in [3.63, 3.8) is 0 Å². The summed E-state index contributed by atoms with van der Waals surface area (Å²) in [5.74, 6) is -2.24. The van der Waals surface area contributed by atoms with Crippen LogP contribution < -0.4 is 14.4 Å². The molecule has 0 spiro atoms. The molecule has 0 fully saturated rings. The van der Waals surface area contributed by atoms with E-state index in [0.717, 1.165) is 30.3 Å². The molecule has 0 saturated carbocycles. The second kappa shape index (κ2) is 10.2. The number of ether oxygens (including phenoxy) is 2. The van der Waals surface area contributed by atoms with Crippen LogP contribution in [0, 0.1) is 5.82 Å². The molecule has 4 nitrogen and oxygen atoms in total. The second-order valence-electron chi connectivity index (χ2n) is 8.00. The summed E-state index contributed by atoms with van der Waals surface area (Å²) in [6.07, 6.45) is -15.5. The molecule has 38 heavy (non-hydrogen) atoms. The van der Waals surface area contributed by atoms with Gasteiger partial charge in [0.2, 0.25) is 5.72 Å². The van der Waals surface area contributed by atoms with Crippen molar-refractivity contribution in [2.24, 2.45) is 0 Å². The van der Waals surface area contributed by atoms with Crippen molar-refractivity contribution in [2.45, 2.75) is 38.0 Å². The Bertz CT molecular complexity index is 1270. The highest BCUT2D eigenvalue weighted by Gasteiger charge is 2.55. The van der Waals surface area contributed by atoms with Gasteiger partial charge in [0.1, 0.15) is 23.9 Å². The van der Waals surface area contributed by atoms with Gasteiger partial charge in [-0.2, -0.15) is 26.3 Å². The van der Waals surface area contributed by atoms with E-state index in [1.54, 1.807) is 0 Å². The van der Waals surface area contributed by atoms with Gasteiger partial charge >= 0.3 is 18.7 Å². The third-order valence-corrected chi connectivity index (χ3v) is 5.10. The first-order valence-electron chi connectivity index (χ1n) is 10.4. The minimum atomic E-state index is -5.47. The molecule has 206 valence electrons. The number of halogens is 10. The van der Waals surface area contributed by atoms with E-state index < -0.39 is 59.6 Å². The van der Waals surface area contributed by atoms with Crippen molar-refractivity contribution in [3.05, 3.63) is 83.7 Å². The molecule has 3 aromatic carbocycles. The fourth-order valence-corrected chi connectivity index (χ4v) is 3.32. The molecule has 0 aliphatic heterocycles. The number of alkyl halides is 9. The molecule has 3 rings (SSSR count). The van der Waals surface area contributed by atoms with Gasteiger partial charge in [0.15, 0.2) is 0 Å². The minimum absolute atomic E-state index is 0.0672. The molecule has 0 amide bonds. The maximum atomic E-state index is 14.6. The Hall–Kier alpha value is -3.68. The molecule has 0 radical (unpaired) electrons. The van der Waals surface area contributed by atoms with Crippen molar-refractivity contribution >= 4 is 11.4 Å². The van der Waals surface area contributed by atoms with Gasteiger partial charge < -0.3 is 19.5 Å².